The van der Waals surface area contributed by atoms with Crippen molar-refractivity contribution in [3.8, 4) is 35.5 Å². The highest BCUT2D eigenvalue weighted by Crippen LogP contribution is 2.11. The van der Waals surface area contributed by atoms with Crippen LogP contribution in [-0.4, -0.2) is 0 Å². The van der Waals surface area contributed by atoms with Crippen LogP contribution >= 0.6 is 0 Å². The lowest BCUT2D eigenvalue weighted by atomic mass is 10.0. The predicted molar refractivity (Wildman–Crippen MR) is 156 cm³/mol. The fourth-order valence-corrected chi connectivity index (χ4v) is 3.08. The van der Waals surface area contributed by atoms with Crippen LogP contribution < -0.4 is 0 Å². The molecule has 0 nitrogen and oxygen atoms in total. The third kappa shape index (κ3) is 9.94. The van der Waals surface area contributed by atoms with Gasteiger partial charge in [0.2, 0.25) is 0 Å². The number of hydrogen-bond donors (Lipinski definition) is 0. The standard InChI is InChI=1S/C32H21F.2C2H6/c1-24-3-7-26(8-4-24)11-14-29-21-30(15-12-27-9-5-25(2)6-10-27)23-31(22-29)16-13-28-17-19-32(33)20-18-28;2*1-2/h3-10,17-23H,1-2H3;2*1-2H3. The summed E-state index contributed by atoms with van der Waals surface area (Å²) in [4.78, 5) is 0. The Labute approximate surface area is 222 Å². The fourth-order valence-electron chi connectivity index (χ4n) is 3.08. The predicted octanol–water partition coefficient (Wildman–Crippen LogP) is 8.69. The number of benzene rings is 4. The Morgan fingerprint density at radius 2 is 0.622 bits per heavy atom. The van der Waals surface area contributed by atoms with Crippen LogP contribution in [0, 0.1) is 55.2 Å². The summed E-state index contributed by atoms with van der Waals surface area (Å²) in [5, 5.41) is 0. The molecule has 0 aliphatic carbocycles. The van der Waals surface area contributed by atoms with Crippen molar-refractivity contribution in [1.29, 1.82) is 0 Å². The third-order valence-electron chi connectivity index (χ3n) is 4.93. The van der Waals surface area contributed by atoms with E-state index in [-0.39, 0.29) is 5.82 Å². The molecule has 4 aromatic carbocycles. The van der Waals surface area contributed by atoms with Crippen molar-refractivity contribution in [3.63, 3.8) is 0 Å². The van der Waals surface area contributed by atoms with Crippen molar-refractivity contribution in [2.75, 3.05) is 0 Å². The van der Waals surface area contributed by atoms with E-state index in [4.69, 9.17) is 0 Å². The van der Waals surface area contributed by atoms with Crippen molar-refractivity contribution >= 4 is 0 Å². The molecule has 0 saturated carbocycles. The molecule has 0 fully saturated rings. The zero-order chi connectivity index (χ0) is 27.0. The summed E-state index contributed by atoms with van der Waals surface area (Å²) in [6.07, 6.45) is 0. The first-order chi connectivity index (χ1) is 18.0. The van der Waals surface area contributed by atoms with Crippen molar-refractivity contribution in [3.05, 3.63) is 141 Å². The van der Waals surface area contributed by atoms with E-state index in [1.54, 1.807) is 12.1 Å². The minimum absolute atomic E-state index is 0.275. The van der Waals surface area contributed by atoms with Gasteiger partial charge in [-0.2, -0.15) is 0 Å². The first kappa shape index (κ1) is 28.7. The third-order valence-corrected chi connectivity index (χ3v) is 4.93. The van der Waals surface area contributed by atoms with Crippen LogP contribution in [0.4, 0.5) is 4.39 Å². The molecule has 0 unspecified atom stereocenters. The highest BCUT2D eigenvalue weighted by atomic mass is 19.1. The Kier molecular flexibility index (Phi) is 12.0. The molecule has 37 heavy (non-hydrogen) atoms. The lowest BCUT2D eigenvalue weighted by Gasteiger charge is -1.98. The topological polar surface area (TPSA) is 0 Å². The molecule has 184 valence electrons. The van der Waals surface area contributed by atoms with E-state index in [1.807, 2.05) is 94.4 Å². The minimum Gasteiger partial charge on any atom is -0.207 e. The molecule has 1 heteroatoms. The summed E-state index contributed by atoms with van der Waals surface area (Å²) in [7, 11) is 0. The van der Waals surface area contributed by atoms with Gasteiger partial charge in [0.15, 0.2) is 0 Å². The molecule has 4 rings (SSSR count). The number of halogens is 1. The van der Waals surface area contributed by atoms with E-state index in [9.17, 15) is 4.39 Å². The summed E-state index contributed by atoms with van der Waals surface area (Å²) >= 11 is 0. The summed E-state index contributed by atoms with van der Waals surface area (Å²) in [5.41, 5.74) is 7.55. The van der Waals surface area contributed by atoms with Crippen LogP contribution in [0.5, 0.6) is 0 Å². The number of aryl methyl sites for hydroxylation is 2. The van der Waals surface area contributed by atoms with Gasteiger partial charge < -0.3 is 0 Å². The zero-order valence-electron chi connectivity index (χ0n) is 22.5. The average Bonchev–Trinajstić information content (AvgIpc) is 2.94. The molecular formula is C36H33F. The molecule has 0 spiro atoms. The molecule has 0 heterocycles. The molecule has 0 radical (unpaired) electrons. The highest BCUT2D eigenvalue weighted by molar-refractivity contribution is 5.55. The second kappa shape index (κ2) is 15.5. The van der Waals surface area contributed by atoms with Crippen LogP contribution in [0.15, 0.2) is 91.0 Å². The molecule has 0 aliphatic rings. The highest BCUT2D eigenvalue weighted by Gasteiger charge is 1.98. The van der Waals surface area contributed by atoms with E-state index in [0.29, 0.717) is 0 Å². The second-order valence-corrected chi connectivity index (χ2v) is 7.79. The van der Waals surface area contributed by atoms with Gasteiger partial charge in [-0.15, -0.1) is 0 Å². The maximum absolute atomic E-state index is 13.2. The Balaban J connectivity index is 0.00000115. The van der Waals surface area contributed by atoms with Gasteiger partial charge in [-0.1, -0.05) is 98.6 Å². The van der Waals surface area contributed by atoms with Gasteiger partial charge in [-0.3, -0.25) is 0 Å². The van der Waals surface area contributed by atoms with Crippen molar-refractivity contribution < 1.29 is 4.39 Å². The second-order valence-electron chi connectivity index (χ2n) is 7.79. The van der Waals surface area contributed by atoms with Gasteiger partial charge in [0, 0.05) is 33.4 Å². The lowest BCUT2D eigenvalue weighted by molar-refractivity contribution is 0.627. The number of hydrogen-bond acceptors (Lipinski definition) is 0. The van der Waals surface area contributed by atoms with Gasteiger partial charge in [-0.25, -0.2) is 4.39 Å². The van der Waals surface area contributed by atoms with Crippen LogP contribution in [0.3, 0.4) is 0 Å². The van der Waals surface area contributed by atoms with Crippen LogP contribution in [0.2, 0.25) is 0 Å². The zero-order valence-corrected chi connectivity index (χ0v) is 22.5. The Hall–Kier alpha value is -4.51. The molecule has 0 atom stereocenters. The lowest BCUT2D eigenvalue weighted by Crippen LogP contribution is -1.86. The monoisotopic (exact) mass is 484 g/mol. The Morgan fingerprint density at radius 3 is 0.919 bits per heavy atom. The molecular weight excluding hydrogens is 451 g/mol. The van der Waals surface area contributed by atoms with Crippen LogP contribution in [0.1, 0.15) is 72.2 Å². The summed E-state index contributed by atoms with van der Waals surface area (Å²) < 4.78 is 13.2. The van der Waals surface area contributed by atoms with Gasteiger partial charge in [0.25, 0.3) is 0 Å². The van der Waals surface area contributed by atoms with Gasteiger partial charge >= 0.3 is 0 Å². The average molecular weight is 485 g/mol. The maximum Gasteiger partial charge on any atom is 0.123 e. The minimum atomic E-state index is -0.275. The fraction of sp³-hybridized carbons (Fsp3) is 0.167. The molecule has 0 bridgehead atoms. The van der Waals surface area contributed by atoms with E-state index >= 15 is 0 Å². The summed E-state index contributed by atoms with van der Waals surface area (Å²) in [6.45, 7) is 12.1. The molecule has 0 amide bonds. The van der Waals surface area contributed by atoms with E-state index in [1.165, 1.54) is 23.3 Å². The van der Waals surface area contributed by atoms with Gasteiger partial charge in [-0.05, 0) is 80.6 Å². The quantitative estimate of drug-likeness (QED) is 0.219. The molecule has 4 aromatic rings. The van der Waals surface area contributed by atoms with E-state index in [0.717, 1.165) is 33.4 Å². The Morgan fingerprint density at radius 1 is 0.378 bits per heavy atom. The summed E-state index contributed by atoms with van der Waals surface area (Å²) in [6, 6.07) is 28.3. The van der Waals surface area contributed by atoms with Gasteiger partial charge in [0.05, 0.1) is 0 Å². The van der Waals surface area contributed by atoms with E-state index in [2.05, 4.69) is 49.4 Å². The molecule has 0 N–H and O–H groups in total. The van der Waals surface area contributed by atoms with Crippen LogP contribution in [-0.2, 0) is 0 Å². The van der Waals surface area contributed by atoms with Crippen molar-refractivity contribution in [1.82, 2.24) is 0 Å². The van der Waals surface area contributed by atoms with E-state index < -0.39 is 0 Å². The molecule has 0 aliphatic heterocycles. The first-order valence-electron chi connectivity index (χ1n) is 12.6. The van der Waals surface area contributed by atoms with Crippen molar-refractivity contribution in [2.24, 2.45) is 0 Å². The maximum atomic E-state index is 13.2. The summed E-state index contributed by atoms with van der Waals surface area (Å²) in [5.74, 6) is 18.9. The van der Waals surface area contributed by atoms with Gasteiger partial charge in [0.1, 0.15) is 5.82 Å². The number of rotatable bonds is 0. The Bertz CT molecular complexity index is 1260. The molecule has 0 saturated heterocycles. The SMILES string of the molecule is CC.CC.Cc1ccc(C#Cc2cc(C#Cc3ccc(C)cc3)cc(C#Cc3ccc(F)cc3)c2)cc1. The first-order valence-corrected chi connectivity index (χ1v) is 12.6. The largest absolute Gasteiger partial charge is 0.207 e. The molecule has 0 aromatic heterocycles. The van der Waals surface area contributed by atoms with Crippen molar-refractivity contribution in [2.45, 2.75) is 41.5 Å². The normalized spacial score (nSPS) is 8.84. The smallest absolute Gasteiger partial charge is 0.123 e. The van der Waals surface area contributed by atoms with Crippen LogP contribution in [0.25, 0.3) is 0 Å².